The Balaban J connectivity index is 2.24. The molecule has 0 bridgehead atoms. The predicted octanol–water partition coefficient (Wildman–Crippen LogP) is 3.87. The minimum absolute atomic E-state index is 0.173. The molecule has 0 fully saturated rings. The summed E-state index contributed by atoms with van der Waals surface area (Å²) in [4.78, 5) is 22.2. The molecule has 2 rings (SSSR count). The molecular formula is C19H26N4O3. The number of carbonyl (C=O) groups excluding carboxylic acids is 1. The summed E-state index contributed by atoms with van der Waals surface area (Å²) >= 11 is 0. The van der Waals surface area contributed by atoms with Crippen molar-refractivity contribution in [1.82, 2.24) is 9.97 Å². The van der Waals surface area contributed by atoms with E-state index in [2.05, 4.69) is 36.1 Å². The van der Waals surface area contributed by atoms with Crippen LogP contribution in [-0.2, 0) is 21.5 Å². The minimum atomic E-state index is -0.416. The van der Waals surface area contributed by atoms with E-state index in [9.17, 15) is 4.79 Å². The van der Waals surface area contributed by atoms with Gasteiger partial charge in [-0.15, -0.1) is 0 Å². The number of aromatic nitrogens is 2. The van der Waals surface area contributed by atoms with E-state index in [1.54, 1.807) is 14.2 Å². The first-order valence-corrected chi connectivity index (χ1v) is 8.30. The lowest BCUT2D eigenvalue weighted by atomic mass is 9.95. The molecule has 2 aromatic rings. The summed E-state index contributed by atoms with van der Waals surface area (Å²) in [6.07, 6.45) is -0.416. The zero-order valence-electron chi connectivity index (χ0n) is 16.2. The SMILES string of the molecule is COCc1cc(Nc2ccc(N(C)C(=O)OC)cc2)nc(C(C)(C)C)n1. The molecule has 0 spiro atoms. The number of hydrogen-bond donors (Lipinski definition) is 1. The van der Waals surface area contributed by atoms with Crippen molar-refractivity contribution >= 4 is 23.3 Å². The van der Waals surface area contributed by atoms with Crippen LogP contribution in [0.3, 0.4) is 0 Å². The number of benzene rings is 1. The fourth-order valence-electron chi connectivity index (χ4n) is 2.28. The number of amides is 1. The van der Waals surface area contributed by atoms with Crippen LogP contribution in [0.4, 0.5) is 22.0 Å². The molecule has 1 aromatic heterocycles. The van der Waals surface area contributed by atoms with Gasteiger partial charge >= 0.3 is 6.09 Å². The molecule has 0 radical (unpaired) electrons. The van der Waals surface area contributed by atoms with Crippen LogP contribution in [0.25, 0.3) is 0 Å². The van der Waals surface area contributed by atoms with Gasteiger partial charge in [-0.25, -0.2) is 14.8 Å². The summed E-state index contributed by atoms with van der Waals surface area (Å²) in [6.45, 7) is 6.63. The van der Waals surface area contributed by atoms with E-state index >= 15 is 0 Å². The second-order valence-electron chi connectivity index (χ2n) is 6.95. The Morgan fingerprint density at radius 1 is 1.15 bits per heavy atom. The third kappa shape index (κ3) is 4.92. The van der Waals surface area contributed by atoms with Gasteiger partial charge in [-0.05, 0) is 24.3 Å². The molecule has 1 aromatic carbocycles. The molecule has 7 nitrogen and oxygen atoms in total. The van der Waals surface area contributed by atoms with E-state index in [1.807, 2.05) is 30.3 Å². The fourth-order valence-corrected chi connectivity index (χ4v) is 2.28. The van der Waals surface area contributed by atoms with Crippen LogP contribution in [0, 0.1) is 0 Å². The van der Waals surface area contributed by atoms with Gasteiger partial charge in [-0.1, -0.05) is 20.8 Å². The molecule has 1 heterocycles. The van der Waals surface area contributed by atoms with Crippen molar-refractivity contribution in [2.24, 2.45) is 0 Å². The summed E-state index contributed by atoms with van der Waals surface area (Å²) in [5, 5.41) is 3.28. The zero-order valence-corrected chi connectivity index (χ0v) is 16.2. The lowest BCUT2D eigenvalue weighted by molar-refractivity contribution is 0.180. The van der Waals surface area contributed by atoms with Gasteiger partial charge in [-0.2, -0.15) is 0 Å². The summed E-state index contributed by atoms with van der Waals surface area (Å²) in [6, 6.07) is 9.29. The lowest BCUT2D eigenvalue weighted by Gasteiger charge is -2.19. The Kier molecular flexibility index (Phi) is 6.15. The summed E-state index contributed by atoms with van der Waals surface area (Å²) in [5.74, 6) is 1.45. The minimum Gasteiger partial charge on any atom is -0.452 e. The van der Waals surface area contributed by atoms with Gasteiger partial charge in [-0.3, -0.25) is 4.90 Å². The Labute approximate surface area is 154 Å². The average Bonchev–Trinajstić information content (AvgIpc) is 2.60. The number of carbonyl (C=O) groups is 1. The average molecular weight is 358 g/mol. The highest BCUT2D eigenvalue weighted by molar-refractivity contribution is 5.87. The van der Waals surface area contributed by atoms with Crippen LogP contribution in [0.15, 0.2) is 30.3 Å². The largest absolute Gasteiger partial charge is 0.452 e. The molecular weight excluding hydrogens is 332 g/mol. The van der Waals surface area contributed by atoms with Crippen LogP contribution in [0.1, 0.15) is 32.3 Å². The van der Waals surface area contributed by atoms with Crippen LogP contribution in [0.2, 0.25) is 0 Å². The van der Waals surface area contributed by atoms with Crippen molar-refractivity contribution < 1.29 is 14.3 Å². The molecule has 0 unspecified atom stereocenters. The van der Waals surface area contributed by atoms with E-state index < -0.39 is 6.09 Å². The molecule has 0 aliphatic heterocycles. The number of nitrogens with zero attached hydrogens (tertiary/aromatic N) is 3. The third-order valence-electron chi connectivity index (χ3n) is 3.72. The molecule has 0 saturated heterocycles. The van der Waals surface area contributed by atoms with Crippen LogP contribution < -0.4 is 10.2 Å². The van der Waals surface area contributed by atoms with Crippen molar-refractivity contribution in [1.29, 1.82) is 0 Å². The Hall–Kier alpha value is -2.67. The van der Waals surface area contributed by atoms with E-state index in [1.165, 1.54) is 12.0 Å². The van der Waals surface area contributed by atoms with Gasteiger partial charge < -0.3 is 14.8 Å². The second-order valence-corrected chi connectivity index (χ2v) is 6.95. The first-order chi connectivity index (χ1) is 12.2. The molecule has 0 saturated carbocycles. The van der Waals surface area contributed by atoms with Gasteiger partial charge in [0.05, 0.1) is 19.4 Å². The molecule has 0 aliphatic carbocycles. The van der Waals surface area contributed by atoms with Crippen molar-refractivity contribution in [3.8, 4) is 0 Å². The van der Waals surface area contributed by atoms with E-state index in [0.29, 0.717) is 12.4 Å². The summed E-state index contributed by atoms with van der Waals surface area (Å²) in [7, 11) is 4.65. The van der Waals surface area contributed by atoms with Crippen LogP contribution in [-0.4, -0.2) is 37.3 Å². The topological polar surface area (TPSA) is 76.6 Å². The Bertz CT molecular complexity index is 754. The van der Waals surface area contributed by atoms with E-state index in [0.717, 1.165) is 22.9 Å². The van der Waals surface area contributed by atoms with Gasteiger partial charge in [0, 0.05) is 37.0 Å². The monoisotopic (exact) mass is 358 g/mol. The molecule has 26 heavy (non-hydrogen) atoms. The quantitative estimate of drug-likeness (QED) is 0.874. The van der Waals surface area contributed by atoms with Crippen molar-refractivity contribution in [3.05, 3.63) is 41.9 Å². The number of rotatable bonds is 5. The van der Waals surface area contributed by atoms with Crippen LogP contribution in [0.5, 0.6) is 0 Å². The third-order valence-corrected chi connectivity index (χ3v) is 3.72. The molecule has 140 valence electrons. The maximum absolute atomic E-state index is 11.6. The van der Waals surface area contributed by atoms with E-state index in [-0.39, 0.29) is 5.41 Å². The standard InChI is InChI=1S/C19H26N4O3/c1-19(2,3)17-21-14(12-25-5)11-16(22-17)20-13-7-9-15(10-8-13)23(4)18(24)26-6/h7-11H,12H2,1-6H3,(H,20,21,22). The van der Waals surface area contributed by atoms with Gasteiger partial charge in [0.25, 0.3) is 0 Å². The number of methoxy groups -OCH3 is 2. The van der Waals surface area contributed by atoms with Crippen molar-refractivity contribution in [2.45, 2.75) is 32.8 Å². The highest BCUT2D eigenvalue weighted by Crippen LogP contribution is 2.24. The molecule has 1 amide bonds. The molecule has 7 heteroatoms. The van der Waals surface area contributed by atoms with Crippen LogP contribution >= 0.6 is 0 Å². The smallest absolute Gasteiger partial charge is 0.413 e. The summed E-state index contributed by atoms with van der Waals surface area (Å²) in [5.41, 5.74) is 2.24. The number of hydrogen-bond acceptors (Lipinski definition) is 6. The number of anilines is 3. The first-order valence-electron chi connectivity index (χ1n) is 8.30. The molecule has 0 aliphatic rings. The normalized spacial score (nSPS) is 11.2. The maximum Gasteiger partial charge on any atom is 0.413 e. The lowest BCUT2D eigenvalue weighted by Crippen LogP contribution is -2.25. The van der Waals surface area contributed by atoms with Crippen molar-refractivity contribution in [2.75, 3.05) is 31.5 Å². The highest BCUT2D eigenvalue weighted by atomic mass is 16.5. The Morgan fingerprint density at radius 3 is 2.35 bits per heavy atom. The molecule has 0 atom stereocenters. The number of nitrogens with one attached hydrogen (secondary N) is 1. The van der Waals surface area contributed by atoms with E-state index in [4.69, 9.17) is 9.47 Å². The second kappa shape index (κ2) is 8.14. The summed E-state index contributed by atoms with van der Waals surface area (Å²) < 4.78 is 9.92. The maximum atomic E-state index is 11.6. The van der Waals surface area contributed by atoms with Gasteiger partial charge in [0.15, 0.2) is 0 Å². The van der Waals surface area contributed by atoms with Gasteiger partial charge in [0.1, 0.15) is 11.6 Å². The zero-order chi connectivity index (χ0) is 19.3. The van der Waals surface area contributed by atoms with Gasteiger partial charge in [0.2, 0.25) is 0 Å². The molecule has 1 N–H and O–H groups in total. The number of ether oxygens (including phenoxy) is 2. The van der Waals surface area contributed by atoms with Crippen molar-refractivity contribution in [3.63, 3.8) is 0 Å². The highest BCUT2D eigenvalue weighted by Gasteiger charge is 2.19. The fraction of sp³-hybridized carbons (Fsp3) is 0.421. The Morgan fingerprint density at radius 2 is 1.81 bits per heavy atom. The predicted molar refractivity (Wildman–Crippen MR) is 102 cm³/mol. The first kappa shape index (κ1) is 19.7.